The maximum absolute atomic E-state index is 5.43. The van der Waals surface area contributed by atoms with Crippen molar-refractivity contribution in [2.75, 3.05) is 5.73 Å². The van der Waals surface area contributed by atoms with Gasteiger partial charge in [0.1, 0.15) is 17.5 Å². The van der Waals surface area contributed by atoms with Crippen LogP contribution in [0.4, 0.5) is 5.82 Å². The Labute approximate surface area is 80.8 Å². The molecule has 0 saturated heterocycles. The number of nitrogens with zero attached hydrogens (tertiary/aromatic N) is 5. The van der Waals surface area contributed by atoms with Gasteiger partial charge in [-0.1, -0.05) is 0 Å². The van der Waals surface area contributed by atoms with Crippen LogP contribution in [-0.4, -0.2) is 24.7 Å². The van der Waals surface area contributed by atoms with E-state index in [1.54, 1.807) is 10.9 Å². The van der Waals surface area contributed by atoms with Gasteiger partial charge in [-0.15, -0.1) is 5.10 Å². The van der Waals surface area contributed by atoms with Crippen LogP contribution in [0, 0.1) is 13.8 Å². The van der Waals surface area contributed by atoms with Gasteiger partial charge >= 0.3 is 0 Å². The van der Waals surface area contributed by atoms with Crippen LogP contribution in [0.3, 0.4) is 0 Å². The van der Waals surface area contributed by atoms with Gasteiger partial charge in [0, 0.05) is 0 Å². The second kappa shape index (κ2) is 3.06. The Bertz CT molecular complexity index is 443. The number of aromatic nitrogens is 5. The maximum atomic E-state index is 5.43. The molecule has 0 aliphatic carbocycles. The molecule has 72 valence electrons. The van der Waals surface area contributed by atoms with Crippen molar-refractivity contribution in [2.45, 2.75) is 13.8 Å². The molecule has 2 rings (SSSR count). The number of anilines is 1. The van der Waals surface area contributed by atoms with Crippen LogP contribution in [0.15, 0.2) is 12.4 Å². The lowest BCUT2D eigenvalue weighted by Crippen LogP contribution is -2.03. The highest BCUT2D eigenvalue weighted by Gasteiger charge is 2.05. The molecule has 0 aromatic carbocycles. The minimum atomic E-state index is 0.392. The topological polar surface area (TPSA) is 82.5 Å². The SMILES string of the molecule is Cc1nc(C)n(-c2cnc(N)cn2)n1. The molecule has 0 aliphatic rings. The quantitative estimate of drug-likeness (QED) is 0.697. The van der Waals surface area contributed by atoms with E-state index < -0.39 is 0 Å². The molecule has 2 N–H and O–H groups in total. The molecule has 6 nitrogen and oxygen atoms in total. The summed E-state index contributed by atoms with van der Waals surface area (Å²) in [6.07, 6.45) is 3.06. The molecule has 0 aliphatic heterocycles. The lowest BCUT2D eigenvalue weighted by molar-refractivity contribution is 0.797. The second-order valence-corrected chi connectivity index (χ2v) is 2.92. The summed E-state index contributed by atoms with van der Waals surface area (Å²) in [6, 6.07) is 0. The van der Waals surface area contributed by atoms with E-state index in [0.717, 1.165) is 5.82 Å². The first-order valence-electron chi connectivity index (χ1n) is 4.15. The predicted molar refractivity (Wildman–Crippen MR) is 50.8 cm³/mol. The molecule has 6 heteroatoms. The van der Waals surface area contributed by atoms with Crippen molar-refractivity contribution in [3.8, 4) is 5.82 Å². The standard InChI is InChI=1S/C8H10N6/c1-5-12-6(2)14(13-5)8-4-10-7(9)3-11-8/h3-4H,1-2H3,(H2,9,10). The van der Waals surface area contributed by atoms with Crippen LogP contribution in [0.5, 0.6) is 0 Å². The molecule has 0 radical (unpaired) electrons. The first kappa shape index (κ1) is 8.61. The lowest BCUT2D eigenvalue weighted by atomic mass is 10.6. The zero-order chi connectivity index (χ0) is 10.1. The molecule has 2 heterocycles. The summed E-state index contributed by atoms with van der Waals surface area (Å²) < 4.78 is 1.63. The van der Waals surface area contributed by atoms with Crippen molar-refractivity contribution >= 4 is 5.82 Å². The zero-order valence-electron chi connectivity index (χ0n) is 7.97. The third-order valence-electron chi connectivity index (χ3n) is 1.75. The number of aryl methyl sites for hydroxylation is 2. The van der Waals surface area contributed by atoms with Crippen LogP contribution in [0.25, 0.3) is 5.82 Å². The fourth-order valence-corrected chi connectivity index (χ4v) is 1.18. The smallest absolute Gasteiger partial charge is 0.174 e. The summed E-state index contributed by atoms with van der Waals surface area (Å²) in [7, 11) is 0. The second-order valence-electron chi connectivity index (χ2n) is 2.92. The summed E-state index contributed by atoms with van der Waals surface area (Å²) in [6.45, 7) is 3.69. The van der Waals surface area contributed by atoms with Crippen LogP contribution in [0.2, 0.25) is 0 Å². The lowest BCUT2D eigenvalue weighted by Gasteiger charge is -2.00. The molecule has 0 unspecified atom stereocenters. The van der Waals surface area contributed by atoms with Gasteiger partial charge < -0.3 is 5.73 Å². The Kier molecular flexibility index (Phi) is 1.88. The van der Waals surface area contributed by atoms with Gasteiger partial charge in [-0.05, 0) is 13.8 Å². The summed E-state index contributed by atoms with van der Waals surface area (Å²) in [5.74, 6) is 2.50. The number of nitrogens with two attached hydrogens (primary N) is 1. The minimum Gasteiger partial charge on any atom is -0.382 e. The van der Waals surface area contributed by atoms with E-state index in [2.05, 4.69) is 20.1 Å². The van der Waals surface area contributed by atoms with E-state index in [0.29, 0.717) is 17.5 Å². The van der Waals surface area contributed by atoms with E-state index in [1.807, 2.05) is 13.8 Å². The Balaban J connectivity index is 2.49. The molecule has 0 saturated carbocycles. The van der Waals surface area contributed by atoms with Gasteiger partial charge in [0.15, 0.2) is 5.82 Å². The molecule has 0 atom stereocenters. The number of hydrogen-bond acceptors (Lipinski definition) is 5. The minimum absolute atomic E-state index is 0.392. The van der Waals surface area contributed by atoms with E-state index in [4.69, 9.17) is 5.73 Å². The van der Waals surface area contributed by atoms with Gasteiger partial charge in [-0.25, -0.2) is 15.0 Å². The Morgan fingerprint density at radius 2 is 2.00 bits per heavy atom. The van der Waals surface area contributed by atoms with Gasteiger partial charge in [-0.2, -0.15) is 4.68 Å². The Morgan fingerprint density at radius 3 is 2.50 bits per heavy atom. The van der Waals surface area contributed by atoms with Crippen molar-refractivity contribution < 1.29 is 0 Å². The Hall–Kier alpha value is -1.98. The van der Waals surface area contributed by atoms with Crippen molar-refractivity contribution in [2.24, 2.45) is 0 Å². The third kappa shape index (κ3) is 1.41. The highest BCUT2D eigenvalue weighted by molar-refractivity contribution is 5.28. The van der Waals surface area contributed by atoms with E-state index in [9.17, 15) is 0 Å². The van der Waals surface area contributed by atoms with Crippen molar-refractivity contribution in [3.63, 3.8) is 0 Å². The molecular weight excluding hydrogens is 180 g/mol. The number of nitrogen functional groups attached to an aromatic ring is 1. The first-order valence-corrected chi connectivity index (χ1v) is 4.15. The van der Waals surface area contributed by atoms with Crippen molar-refractivity contribution in [3.05, 3.63) is 24.0 Å². The summed E-state index contributed by atoms with van der Waals surface area (Å²) in [5, 5.41) is 4.17. The van der Waals surface area contributed by atoms with Gasteiger partial charge in [0.2, 0.25) is 0 Å². The predicted octanol–water partition coefficient (Wildman–Crippen LogP) is 0.256. The van der Waals surface area contributed by atoms with Gasteiger partial charge in [0.05, 0.1) is 12.4 Å². The van der Waals surface area contributed by atoms with Crippen LogP contribution < -0.4 is 5.73 Å². The average Bonchev–Trinajstić information content (AvgIpc) is 2.47. The summed E-state index contributed by atoms with van der Waals surface area (Å²) in [5.41, 5.74) is 5.43. The third-order valence-corrected chi connectivity index (χ3v) is 1.75. The van der Waals surface area contributed by atoms with Crippen LogP contribution in [-0.2, 0) is 0 Å². The number of rotatable bonds is 1. The zero-order valence-corrected chi connectivity index (χ0v) is 7.97. The Morgan fingerprint density at radius 1 is 1.21 bits per heavy atom. The van der Waals surface area contributed by atoms with Crippen LogP contribution in [0.1, 0.15) is 11.6 Å². The maximum Gasteiger partial charge on any atom is 0.174 e. The average molecular weight is 190 g/mol. The largest absolute Gasteiger partial charge is 0.382 e. The summed E-state index contributed by atoms with van der Waals surface area (Å²) in [4.78, 5) is 12.2. The summed E-state index contributed by atoms with van der Waals surface area (Å²) >= 11 is 0. The van der Waals surface area contributed by atoms with E-state index in [-0.39, 0.29) is 0 Å². The fourth-order valence-electron chi connectivity index (χ4n) is 1.18. The molecule has 0 amide bonds. The molecule has 0 bridgehead atoms. The van der Waals surface area contributed by atoms with Gasteiger partial charge in [0.25, 0.3) is 0 Å². The molecule has 0 fully saturated rings. The highest BCUT2D eigenvalue weighted by atomic mass is 15.4. The normalized spacial score (nSPS) is 10.4. The van der Waals surface area contributed by atoms with E-state index >= 15 is 0 Å². The molecular formula is C8H10N6. The molecule has 0 spiro atoms. The molecule has 14 heavy (non-hydrogen) atoms. The molecule has 2 aromatic heterocycles. The van der Waals surface area contributed by atoms with Crippen LogP contribution >= 0.6 is 0 Å². The number of hydrogen-bond donors (Lipinski definition) is 1. The molecule has 2 aromatic rings. The fraction of sp³-hybridized carbons (Fsp3) is 0.250. The van der Waals surface area contributed by atoms with Crippen molar-refractivity contribution in [1.29, 1.82) is 0 Å². The van der Waals surface area contributed by atoms with Gasteiger partial charge in [-0.3, -0.25) is 0 Å². The highest BCUT2D eigenvalue weighted by Crippen LogP contribution is 2.05. The monoisotopic (exact) mass is 190 g/mol. The van der Waals surface area contributed by atoms with Crippen molar-refractivity contribution in [1.82, 2.24) is 24.7 Å². The first-order chi connectivity index (χ1) is 6.66. The van der Waals surface area contributed by atoms with E-state index in [1.165, 1.54) is 6.20 Å².